The molecule has 21 heavy (non-hydrogen) atoms. The van der Waals surface area contributed by atoms with Gasteiger partial charge in [-0.05, 0) is 38.0 Å². The molecule has 1 heterocycles. The van der Waals surface area contributed by atoms with Gasteiger partial charge >= 0.3 is 0 Å². The molecule has 0 radical (unpaired) electrons. The molecule has 0 spiro atoms. The lowest BCUT2D eigenvalue weighted by Gasteiger charge is -2.27. The van der Waals surface area contributed by atoms with Crippen LogP contribution in [0, 0.1) is 0 Å². The second-order valence-corrected chi connectivity index (χ2v) is 5.66. The first kappa shape index (κ1) is 15.1. The summed E-state index contributed by atoms with van der Waals surface area (Å²) in [4.78, 5) is 19.9. The number of aromatic nitrogens is 2. The van der Waals surface area contributed by atoms with Crippen LogP contribution in [-0.2, 0) is 10.2 Å². The molecule has 0 bridgehead atoms. The first-order valence-corrected chi connectivity index (χ1v) is 7.11. The quantitative estimate of drug-likeness (QED) is 0.738. The van der Waals surface area contributed by atoms with Crippen molar-refractivity contribution in [2.45, 2.75) is 38.6 Å². The van der Waals surface area contributed by atoms with Gasteiger partial charge in [0.25, 0.3) is 0 Å². The number of anilines is 1. The van der Waals surface area contributed by atoms with E-state index in [4.69, 9.17) is 5.73 Å². The predicted molar refractivity (Wildman–Crippen MR) is 83.6 cm³/mol. The van der Waals surface area contributed by atoms with Gasteiger partial charge in [0, 0.05) is 18.1 Å². The fourth-order valence-electron chi connectivity index (χ4n) is 2.20. The zero-order valence-electron chi connectivity index (χ0n) is 12.7. The van der Waals surface area contributed by atoms with Crippen molar-refractivity contribution in [3.8, 4) is 0 Å². The van der Waals surface area contributed by atoms with Crippen LogP contribution in [0.1, 0.15) is 44.6 Å². The number of H-pyrrole nitrogens is 1. The summed E-state index contributed by atoms with van der Waals surface area (Å²) in [6.07, 6.45) is 4.22. The Balaban J connectivity index is 2.16. The molecule has 0 saturated carbocycles. The first-order valence-electron chi connectivity index (χ1n) is 7.11. The van der Waals surface area contributed by atoms with Crippen LogP contribution in [-0.4, -0.2) is 15.9 Å². The van der Waals surface area contributed by atoms with Gasteiger partial charge in [0.1, 0.15) is 5.82 Å². The maximum Gasteiger partial charge on any atom is 0.230 e. The van der Waals surface area contributed by atoms with E-state index in [1.807, 2.05) is 45.0 Å². The number of amides is 1. The van der Waals surface area contributed by atoms with Gasteiger partial charge in [-0.2, -0.15) is 0 Å². The minimum atomic E-state index is -0.631. The number of nitrogens with two attached hydrogens (primary N) is 1. The molecule has 1 unspecified atom stereocenters. The Bertz CT molecular complexity index is 587. The van der Waals surface area contributed by atoms with Gasteiger partial charge in [0.2, 0.25) is 5.91 Å². The van der Waals surface area contributed by atoms with Crippen molar-refractivity contribution in [3.63, 3.8) is 0 Å². The van der Waals surface area contributed by atoms with Crippen LogP contribution in [0.5, 0.6) is 0 Å². The lowest BCUT2D eigenvalue weighted by atomic mass is 9.83. The average Bonchev–Trinajstić information content (AvgIpc) is 2.98. The molecule has 0 saturated heterocycles. The average molecular weight is 286 g/mol. The number of nitrogen functional groups attached to an aromatic ring is 1. The van der Waals surface area contributed by atoms with Gasteiger partial charge in [-0.3, -0.25) is 4.79 Å². The van der Waals surface area contributed by atoms with Gasteiger partial charge in [-0.25, -0.2) is 4.98 Å². The van der Waals surface area contributed by atoms with E-state index in [-0.39, 0.29) is 11.9 Å². The fraction of sp³-hybridized carbons (Fsp3) is 0.375. The number of nitrogens with zero attached hydrogens (tertiary/aromatic N) is 1. The number of rotatable bonds is 5. The van der Waals surface area contributed by atoms with Crippen LogP contribution in [0.3, 0.4) is 0 Å². The minimum absolute atomic E-state index is 0.0319. The predicted octanol–water partition coefficient (Wildman–Crippen LogP) is 2.54. The summed E-state index contributed by atoms with van der Waals surface area (Å²) in [7, 11) is 0. The molecular weight excluding hydrogens is 264 g/mol. The summed E-state index contributed by atoms with van der Waals surface area (Å²) >= 11 is 0. The Hall–Kier alpha value is -2.30. The van der Waals surface area contributed by atoms with E-state index in [0.29, 0.717) is 5.69 Å². The number of hydrogen-bond donors (Lipinski definition) is 3. The first-order chi connectivity index (χ1) is 9.95. The van der Waals surface area contributed by atoms with Crippen LogP contribution in [0.4, 0.5) is 5.69 Å². The highest BCUT2D eigenvalue weighted by Gasteiger charge is 2.31. The van der Waals surface area contributed by atoms with Crippen LogP contribution >= 0.6 is 0 Å². The number of hydrogen-bond acceptors (Lipinski definition) is 3. The normalized spacial score (nSPS) is 12.9. The van der Waals surface area contributed by atoms with Crippen LogP contribution in [0.2, 0.25) is 0 Å². The summed E-state index contributed by atoms with van der Waals surface area (Å²) < 4.78 is 0. The molecule has 4 N–H and O–H groups in total. The highest BCUT2D eigenvalue weighted by atomic mass is 16.2. The number of benzene rings is 1. The van der Waals surface area contributed by atoms with E-state index >= 15 is 0 Å². The maximum absolute atomic E-state index is 12.6. The number of carbonyl (C=O) groups is 1. The second-order valence-electron chi connectivity index (χ2n) is 5.66. The van der Waals surface area contributed by atoms with Crippen molar-refractivity contribution in [1.82, 2.24) is 15.3 Å². The largest absolute Gasteiger partial charge is 0.399 e. The third kappa shape index (κ3) is 3.24. The van der Waals surface area contributed by atoms with E-state index in [1.165, 1.54) is 0 Å². The van der Waals surface area contributed by atoms with Crippen molar-refractivity contribution in [2.75, 3.05) is 5.73 Å². The Kier molecular flexibility index (Phi) is 4.31. The van der Waals surface area contributed by atoms with Crippen LogP contribution in [0.25, 0.3) is 0 Å². The summed E-state index contributed by atoms with van der Waals surface area (Å²) in [5, 5.41) is 3.06. The summed E-state index contributed by atoms with van der Waals surface area (Å²) in [6, 6.07) is 7.30. The molecule has 112 valence electrons. The molecule has 1 aromatic heterocycles. The molecule has 1 amide bonds. The molecule has 1 atom stereocenters. The molecule has 2 aromatic rings. The summed E-state index contributed by atoms with van der Waals surface area (Å²) in [5.74, 6) is 0.745. The lowest BCUT2D eigenvalue weighted by Crippen LogP contribution is -2.42. The molecular formula is C16H22N4O. The van der Waals surface area contributed by atoms with Crippen molar-refractivity contribution in [3.05, 3.63) is 48.0 Å². The molecule has 2 rings (SSSR count). The van der Waals surface area contributed by atoms with Crippen molar-refractivity contribution in [2.24, 2.45) is 0 Å². The number of carbonyl (C=O) groups excluding carboxylic acids is 1. The zero-order chi connectivity index (χ0) is 15.5. The van der Waals surface area contributed by atoms with E-state index < -0.39 is 5.41 Å². The van der Waals surface area contributed by atoms with E-state index in [1.54, 1.807) is 12.4 Å². The third-order valence-electron chi connectivity index (χ3n) is 3.76. The molecule has 5 nitrogen and oxygen atoms in total. The molecule has 0 aliphatic heterocycles. The summed E-state index contributed by atoms with van der Waals surface area (Å²) in [5.41, 5.74) is 6.69. The molecule has 1 aromatic carbocycles. The third-order valence-corrected chi connectivity index (χ3v) is 3.76. The van der Waals surface area contributed by atoms with Crippen molar-refractivity contribution >= 4 is 11.6 Å². The van der Waals surface area contributed by atoms with Crippen molar-refractivity contribution in [1.29, 1.82) is 0 Å². The topological polar surface area (TPSA) is 83.8 Å². The standard InChI is InChI=1S/C16H22N4O/c1-4-13(14-18-9-10-19-14)20-15(21)16(2,3)11-5-7-12(17)8-6-11/h5-10,13H,4,17H2,1-3H3,(H,18,19)(H,20,21). The Labute approximate surface area is 125 Å². The number of nitrogens with one attached hydrogen (secondary N) is 2. The Morgan fingerprint density at radius 3 is 2.57 bits per heavy atom. The lowest BCUT2D eigenvalue weighted by molar-refractivity contribution is -0.126. The van der Waals surface area contributed by atoms with Gasteiger partial charge in [-0.1, -0.05) is 19.1 Å². The minimum Gasteiger partial charge on any atom is -0.399 e. The number of imidazole rings is 1. The van der Waals surface area contributed by atoms with E-state index in [2.05, 4.69) is 15.3 Å². The monoisotopic (exact) mass is 286 g/mol. The van der Waals surface area contributed by atoms with Gasteiger partial charge in [-0.15, -0.1) is 0 Å². The summed E-state index contributed by atoms with van der Waals surface area (Å²) in [6.45, 7) is 5.83. The number of aromatic amines is 1. The molecule has 5 heteroatoms. The maximum atomic E-state index is 12.6. The van der Waals surface area contributed by atoms with Gasteiger partial charge in [0.05, 0.1) is 11.5 Å². The van der Waals surface area contributed by atoms with Gasteiger partial charge in [0.15, 0.2) is 0 Å². The zero-order valence-corrected chi connectivity index (χ0v) is 12.7. The van der Waals surface area contributed by atoms with E-state index in [0.717, 1.165) is 17.8 Å². The fourth-order valence-corrected chi connectivity index (χ4v) is 2.20. The second kappa shape index (κ2) is 5.99. The van der Waals surface area contributed by atoms with Crippen LogP contribution in [0.15, 0.2) is 36.7 Å². The Morgan fingerprint density at radius 2 is 2.05 bits per heavy atom. The van der Waals surface area contributed by atoms with Crippen LogP contribution < -0.4 is 11.1 Å². The Morgan fingerprint density at radius 1 is 1.38 bits per heavy atom. The van der Waals surface area contributed by atoms with E-state index in [9.17, 15) is 4.79 Å². The molecule has 0 aliphatic rings. The highest BCUT2D eigenvalue weighted by molar-refractivity contribution is 5.87. The molecule has 0 fully saturated rings. The molecule has 0 aliphatic carbocycles. The van der Waals surface area contributed by atoms with Gasteiger partial charge < -0.3 is 16.0 Å². The SMILES string of the molecule is CCC(NC(=O)C(C)(C)c1ccc(N)cc1)c1ncc[nH]1. The smallest absolute Gasteiger partial charge is 0.230 e. The van der Waals surface area contributed by atoms with Crippen molar-refractivity contribution < 1.29 is 4.79 Å². The highest BCUT2D eigenvalue weighted by Crippen LogP contribution is 2.25.